The molecule has 0 spiro atoms. The number of carbonyl (C=O) groups is 1. The summed E-state index contributed by atoms with van der Waals surface area (Å²) < 4.78 is 41.1. The molecule has 0 bridgehead atoms. The van der Waals surface area contributed by atoms with Gasteiger partial charge in [-0.2, -0.15) is 0 Å². The monoisotopic (exact) mass is 352 g/mol. The van der Waals surface area contributed by atoms with Crippen molar-refractivity contribution in [2.75, 3.05) is 18.4 Å². The molecule has 0 saturated heterocycles. The van der Waals surface area contributed by atoms with Crippen LogP contribution in [-0.4, -0.2) is 25.4 Å². The number of nitrogens with one attached hydrogen (secondary N) is 2. The summed E-state index contributed by atoms with van der Waals surface area (Å²) in [5.74, 6) is -0.967. The topological polar surface area (TPSA) is 50.4 Å². The van der Waals surface area contributed by atoms with E-state index in [2.05, 4.69) is 37.9 Å². The van der Waals surface area contributed by atoms with Gasteiger partial charge in [0.25, 0.3) is 0 Å². The average molecular weight is 353 g/mol. The molecule has 2 N–H and O–H groups in total. The van der Waals surface area contributed by atoms with E-state index in [0.717, 1.165) is 6.07 Å². The predicted octanol–water partition coefficient (Wildman–Crippen LogP) is 3.06. The van der Waals surface area contributed by atoms with Gasteiger partial charge in [0.05, 0.1) is 12.2 Å². The highest BCUT2D eigenvalue weighted by Crippen LogP contribution is 2.32. The summed E-state index contributed by atoms with van der Waals surface area (Å²) in [5.41, 5.74) is -0.0593. The van der Waals surface area contributed by atoms with E-state index in [0.29, 0.717) is 11.0 Å². The summed E-state index contributed by atoms with van der Waals surface area (Å²) in [6.45, 7) is 3.83. The quantitative estimate of drug-likeness (QED) is 0.611. The maximum Gasteiger partial charge on any atom is 0.573 e. The first-order chi connectivity index (χ1) is 9.31. The molecule has 8 heteroatoms. The van der Waals surface area contributed by atoms with Gasteiger partial charge in [-0.15, -0.1) is 19.8 Å². The third kappa shape index (κ3) is 6.07. The summed E-state index contributed by atoms with van der Waals surface area (Å²) in [5, 5.41) is 5.07. The number of alkyl halides is 3. The van der Waals surface area contributed by atoms with E-state index in [9.17, 15) is 18.0 Å². The number of hydrogen-bond donors (Lipinski definition) is 2. The van der Waals surface area contributed by atoms with Crippen molar-refractivity contribution in [1.82, 2.24) is 5.32 Å². The highest BCUT2D eigenvalue weighted by Gasteiger charge is 2.32. The lowest BCUT2D eigenvalue weighted by Gasteiger charge is -2.14. The Bertz CT molecular complexity index is 492. The van der Waals surface area contributed by atoms with Crippen LogP contribution in [-0.2, 0) is 4.79 Å². The molecule has 0 aliphatic rings. The molecule has 1 amide bonds. The van der Waals surface area contributed by atoms with E-state index in [-0.39, 0.29) is 12.2 Å². The molecule has 0 radical (unpaired) electrons. The fourth-order valence-corrected chi connectivity index (χ4v) is 1.63. The van der Waals surface area contributed by atoms with E-state index in [1.54, 1.807) is 6.08 Å². The van der Waals surface area contributed by atoms with E-state index in [1.165, 1.54) is 12.1 Å². The number of rotatable bonds is 6. The number of anilines is 1. The van der Waals surface area contributed by atoms with Crippen LogP contribution in [0.25, 0.3) is 0 Å². The third-order valence-corrected chi connectivity index (χ3v) is 2.51. The molecule has 0 atom stereocenters. The number of halogens is 4. The van der Waals surface area contributed by atoms with Crippen LogP contribution in [0, 0.1) is 0 Å². The van der Waals surface area contributed by atoms with Gasteiger partial charge in [-0.3, -0.25) is 4.79 Å². The Labute approximate surface area is 122 Å². The Hall–Kier alpha value is -1.54. The second-order valence-electron chi connectivity index (χ2n) is 3.66. The van der Waals surface area contributed by atoms with Crippen LogP contribution < -0.4 is 15.4 Å². The molecule has 1 aromatic carbocycles. The smallest absolute Gasteiger partial charge is 0.404 e. The van der Waals surface area contributed by atoms with E-state index in [4.69, 9.17) is 0 Å². The summed E-state index contributed by atoms with van der Waals surface area (Å²) in [4.78, 5) is 11.5. The second-order valence-corrected chi connectivity index (χ2v) is 4.57. The Kier molecular flexibility index (Phi) is 6.03. The minimum atomic E-state index is -4.83. The van der Waals surface area contributed by atoms with Gasteiger partial charge < -0.3 is 15.4 Å². The fraction of sp³-hybridized carbons (Fsp3) is 0.250. The van der Waals surface area contributed by atoms with Crippen molar-refractivity contribution in [2.24, 2.45) is 0 Å². The van der Waals surface area contributed by atoms with Crippen LogP contribution in [0.4, 0.5) is 18.9 Å². The molecule has 110 valence electrons. The summed E-state index contributed by atoms with van der Waals surface area (Å²) in [7, 11) is 0. The summed E-state index contributed by atoms with van der Waals surface area (Å²) >= 11 is 3.04. The molecule has 4 nitrogen and oxygen atoms in total. The van der Waals surface area contributed by atoms with Crippen molar-refractivity contribution >= 4 is 27.5 Å². The number of ether oxygens (including phenoxy) is 1. The number of benzene rings is 1. The Balaban J connectivity index is 2.78. The zero-order valence-electron chi connectivity index (χ0n) is 10.3. The van der Waals surface area contributed by atoms with Gasteiger partial charge in [0.1, 0.15) is 0 Å². The third-order valence-electron chi connectivity index (χ3n) is 2.02. The first-order valence-electron chi connectivity index (χ1n) is 5.48. The molecule has 1 aromatic rings. The molecule has 0 unspecified atom stereocenters. The molecular formula is C12H12BrF3N2O2. The molecule has 0 aromatic heterocycles. The first kappa shape index (κ1) is 16.5. The van der Waals surface area contributed by atoms with Crippen molar-refractivity contribution in [3.05, 3.63) is 35.3 Å². The largest absolute Gasteiger partial charge is 0.573 e. The molecule has 0 fully saturated rings. The molecule has 1 rings (SSSR count). The lowest BCUT2D eigenvalue weighted by molar-refractivity contribution is -0.274. The Morgan fingerprint density at radius 1 is 1.45 bits per heavy atom. The van der Waals surface area contributed by atoms with Crippen LogP contribution >= 0.6 is 15.9 Å². The Morgan fingerprint density at radius 2 is 2.15 bits per heavy atom. The lowest BCUT2D eigenvalue weighted by atomic mass is 10.3. The fourth-order valence-electron chi connectivity index (χ4n) is 1.29. The van der Waals surface area contributed by atoms with Crippen LogP contribution in [0.15, 0.2) is 35.3 Å². The SMILES string of the molecule is C=CCNCC(=O)Nc1ccc(Br)cc1OC(F)(F)F. The molecule has 0 saturated carbocycles. The van der Waals surface area contributed by atoms with Crippen molar-refractivity contribution in [1.29, 1.82) is 0 Å². The predicted molar refractivity (Wildman–Crippen MR) is 72.5 cm³/mol. The van der Waals surface area contributed by atoms with Gasteiger partial charge in [0.2, 0.25) is 5.91 Å². The molecule has 20 heavy (non-hydrogen) atoms. The summed E-state index contributed by atoms with van der Waals surface area (Å²) in [6, 6.07) is 3.94. The van der Waals surface area contributed by atoms with E-state index < -0.39 is 18.0 Å². The van der Waals surface area contributed by atoms with Crippen molar-refractivity contribution in [3.8, 4) is 5.75 Å². The zero-order chi connectivity index (χ0) is 15.2. The van der Waals surface area contributed by atoms with E-state index in [1.807, 2.05) is 0 Å². The number of hydrogen-bond acceptors (Lipinski definition) is 3. The summed E-state index contributed by atoms with van der Waals surface area (Å²) in [6.07, 6.45) is -3.27. The molecule has 0 aliphatic carbocycles. The van der Waals surface area contributed by atoms with Gasteiger partial charge in [-0.05, 0) is 18.2 Å². The molecule has 0 aliphatic heterocycles. The van der Waals surface area contributed by atoms with Gasteiger partial charge in [-0.25, -0.2) is 0 Å². The number of carbonyl (C=O) groups excluding carboxylic acids is 1. The molecular weight excluding hydrogens is 341 g/mol. The standard InChI is InChI=1S/C12H12BrF3N2O2/c1-2-5-17-7-11(19)18-9-4-3-8(13)6-10(9)20-12(14,15)16/h2-4,6,17H,1,5,7H2,(H,18,19). The van der Waals surface area contributed by atoms with E-state index >= 15 is 0 Å². The lowest BCUT2D eigenvalue weighted by Crippen LogP contribution is -2.28. The highest BCUT2D eigenvalue weighted by atomic mass is 79.9. The maximum atomic E-state index is 12.3. The Morgan fingerprint density at radius 3 is 2.75 bits per heavy atom. The number of amides is 1. The van der Waals surface area contributed by atoms with Gasteiger partial charge in [0, 0.05) is 11.0 Å². The van der Waals surface area contributed by atoms with Crippen molar-refractivity contribution in [2.45, 2.75) is 6.36 Å². The van der Waals surface area contributed by atoms with Crippen LogP contribution in [0.5, 0.6) is 5.75 Å². The van der Waals surface area contributed by atoms with Crippen LogP contribution in [0.1, 0.15) is 0 Å². The average Bonchev–Trinajstić information content (AvgIpc) is 2.31. The first-order valence-corrected chi connectivity index (χ1v) is 6.28. The normalized spacial score (nSPS) is 11.0. The highest BCUT2D eigenvalue weighted by molar-refractivity contribution is 9.10. The minimum absolute atomic E-state index is 0.0481. The van der Waals surface area contributed by atoms with Gasteiger partial charge >= 0.3 is 6.36 Å². The minimum Gasteiger partial charge on any atom is -0.404 e. The van der Waals surface area contributed by atoms with Crippen molar-refractivity contribution in [3.63, 3.8) is 0 Å². The molecule has 0 heterocycles. The van der Waals surface area contributed by atoms with Crippen molar-refractivity contribution < 1.29 is 22.7 Å². The van der Waals surface area contributed by atoms with Crippen LogP contribution in [0.2, 0.25) is 0 Å². The van der Waals surface area contributed by atoms with Gasteiger partial charge in [-0.1, -0.05) is 22.0 Å². The zero-order valence-corrected chi connectivity index (χ0v) is 11.8. The maximum absolute atomic E-state index is 12.3. The van der Waals surface area contributed by atoms with Crippen LogP contribution in [0.3, 0.4) is 0 Å². The van der Waals surface area contributed by atoms with Gasteiger partial charge in [0.15, 0.2) is 5.75 Å². The second kappa shape index (κ2) is 7.30.